The first-order chi connectivity index (χ1) is 9.02. The maximum absolute atomic E-state index is 11.3. The minimum atomic E-state index is -0.930. The van der Waals surface area contributed by atoms with Crippen LogP contribution in [-0.4, -0.2) is 30.2 Å². The zero-order chi connectivity index (χ0) is 14.0. The SMILES string of the molecule is CCc1ccc(-c2nc(N(C)C)sc2C(=O)O)cc1. The van der Waals surface area contributed by atoms with Crippen molar-refractivity contribution in [2.75, 3.05) is 19.0 Å². The average Bonchev–Trinajstić information content (AvgIpc) is 2.84. The molecule has 0 saturated carbocycles. The fourth-order valence-electron chi connectivity index (χ4n) is 1.74. The first-order valence-electron chi connectivity index (χ1n) is 6.03. The highest BCUT2D eigenvalue weighted by Gasteiger charge is 2.19. The van der Waals surface area contributed by atoms with Crippen LogP contribution in [-0.2, 0) is 6.42 Å². The van der Waals surface area contributed by atoms with Gasteiger partial charge in [-0.1, -0.05) is 42.5 Å². The van der Waals surface area contributed by atoms with Gasteiger partial charge < -0.3 is 10.0 Å². The number of carboxylic acid groups (broad SMARTS) is 1. The highest BCUT2D eigenvalue weighted by Crippen LogP contribution is 2.32. The zero-order valence-corrected chi connectivity index (χ0v) is 12.0. The summed E-state index contributed by atoms with van der Waals surface area (Å²) in [6.07, 6.45) is 0.964. The largest absolute Gasteiger partial charge is 0.477 e. The molecule has 100 valence electrons. The summed E-state index contributed by atoms with van der Waals surface area (Å²) in [6, 6.07) is 7.88. The van der Waals surface area contributed by atoms with Crippen LogP contribution >= 0.6 is 11.3 Å². The topological polar surface area (TPSA) is 53.4 Å². The summed E-state index contributed by atoms with van der Waals surface area (Å²) in [5, 5.41) is 9.98. The molecule has 1 aromatic heterocycles. The van der Waals surface area contributed by atoms with Gasteiger partial charge in [0.15, 0.2) is 5.13 Å². The van der Waals surface area contributed by atoms with Crippen LogP contribution in [0, 0.1) is 0 Å². The monoisotopic (exact) mass is 276 g/mol. The van der Waals surface area contributed by atoms with E-state index in [4.69, 9.17) is 0 Å². The van der Waals surface area contributed by atoms with Gasteiger partial charge in [0.2, 0.25) is 0 Å². The van der Waals surface area contributed by atoms with Crippen molar-refractivity contribution < 1.29 is 9.90 Å². The van der Waals surface area contributed by atoms with Crippen LogP contribution in [0.1, 0.15) is 22.2 Å². The molecule has 19 heavy (non-hydrogen) atoms. The predicted octanol–water partition coefficient (Wildman–Crippen LogP) is 3.14. The Balaban J connectivity index is 2.49. The van der Waals surface area contributed by atoms with Gasteiger partial charge in [0, 0.05) is 19.7 Å². The third-order valence-electron chi connectivity index (χ3n) is 2.83. The summed E-state index contributed by atoms with van der Waals surface area (Å²) in [5.74, 6) is -0.930. The summed E-state index contributed by atoms with van der Waals surface area (Å²) in [5.41, 5.74) is 2.62. The van der Waals surface area contributed by atoms with E-state index in [1.54, 1.807) is 0 Å². The molecular formula is C14H16N2O2S. The first-order valence-corrected chi connectivity index (χ1v) is 6.85. The molecule has 1 heterocycles. The molecule has 0 atom stereocenters. The number of anilines is 1. The van der Waals surface area contributed by atoms with Gasteiger partial charge >= 0.3 is 5.97 Å². The Morgan fingerprint density at radius 2 is 1.95 bits per heavy atom. The van der Waals surface area contributed by atoms with Crippen molar-refractivity contribution in [1.29, 1.82) is 0 Å². The lowest BCUT2D eigenvalue weighted by molar-refractivity contribution is 0.0702. The minimum absolute atomic E-state index is 0.285. The lowest BCUT2D eigenvalue weighted by Crippen LogP contribution is -2.07. The van der Waals surface area contributed by atoms with E-state index in [9.17, 15) is 9.90 Å². The second-order valence-electron chi connectivity index (χ2n) is 4.42. The van der Waals surface area contributed by atoms with Gasteiger partial charge in [-0.05, 0) is 12.0 Å². The van der Waals surface area contributed by atoms with Crippen LogP contribution in [0.2, 0.25) is 0 Å². The molecule has 2 rings (SSSR count). The fourth-order valence-corrected chi connectivity index (χ4v) is 2.59. The molecule has 0 fully saturated rings. The summed E-state index contributed by atoms with van der Waals surface area (Å²) in [6.45, 7) is 2.09. The van der Waals surface area contributed by atoms with Crippen molar-refractivity contribution in [1.82, 2.24) is 4.98 Å². The summed E-state index contributed by atoms with van der Waals surface area (Å²) in [7, 11) is 3.71. The zero-order valence-electron chi connectivity index (χ0n) is 11.2. The molecule has 1 aromatic carbocycles. The maximum atomic E-state index is 11.3. The van der Waals surface area contributed by atoms with Gasteiger partial charge in [-0.25, -0.2) is 9.78 Å². The second-order valence-corrected chi connectivity index (χ2v) is 5.40. The van der Waals surface area contributed by atoms with Crippen LogP contribution < -0.4 is 4.90 Å². The summed E-state index contributed by atoms with van der Waals surface area (Å²) < 4.78 is 0. The first kappa shape index (κ1) is 13.5. The number of rotatable bonds is 4. The number of thiazole rings is 1. The number of nitrogens with zero attached hydrogens (tertiary/aromatic N) is 2. The molecule has 4 nitrogen and oxygen atoms in total. The fraction of sp³-hybridized carbons (Fsp3) is 0.286. The number of benzene rings is 1. The van der Waals surface area contributed by atoms with Crippen LogP contribution in [0.5, 0.6) is 0 Å². The Hall–Kier alpha value is -1.88. The van der Waals surface area contributed by atoms with Crippen molar-refractivity contribution in [3.63, 3.8) is 0 Å². The molecule has 0 bridgehead atoms. The molecule has 2 aromatic rings. The second kappa shape index (κ2) is 5.40. The quantitative estimate of drug-likeness (QED) is 0.932. The van der Waals surface area contributed by atoms with Gasteiger partial charge in [0.25, 0.3) is 0 Å². The lowest BCUT2D eigenvalue weighted by Gasteiger charge is -2.05. The van der Waals surface area contributed by atoms with E-state index in [1.165, 1.54) is 16.9 Å². The van der Waals surface area contributed by atoms with E-state index < -0.39 is 5.97 Å². The number of hydrogen-bond donors (Lipinski definition) is 1. The molecule has 0 unspecified atom stereocenters. The van der Waals surface area contributed by atoms with Crippen molar-refractivity contribution in [3.05, 3.63) is 34.7 Å². The standard InChI is InChI=1S/C14H16N2O2S/c1-4-9-5-7-10(8-6-9)11-12(13(17)18)19-14(15-11)16(2)3/h5-8H,4H2,1-3H3,(H,17,18). The summed E-state index contributed by atoms with van der Waals surface area (Å²) in [4.78, 5) is 17.8. The van der Waals surface area contributed by atoms with Crippen molar-refractivity contribution in [2.45, 2.75) is 13.3 Å². The maximum Gasteiger partial charge on any atom is 0.348 e. The van der Waals surface area contributed by atoms with Gasteiger partial charge in [0.1, 0.15) is 4.88 Å². The highest BCUT2D eigenvalue weighted by atomic mass is 32.1. The molecule has 0 aliphatic carbocycles. The molecule has 0 spiro atoms. The third kappa shape index (κ3) is 2.76. The van der Waals surface area contributed by atoms with Crippen LogP contribution in [0.4, 0.5) is 5.13 Å². The highest BCUT2D eigenvalue weighted by molar-refractivity contribution is 7.17. The number of carbonyl (C=O) groups is 1. The van der Waals surface area contributed by atoms with Crippen molar-refractivity contribution in [2.24, 2.45) is 0 Å². The summed E-state index contributed by atoms with van der Waals surface area (Å²) >= 11 is 1.20. The predicted molar refractivity (Wildman–Crippen MR) is 78.2 cm³/mol. The third-order valence-corrected chi connectivity index (χ3v) is 4.04. The molecule has 0 saturated heterocycles. The van der Waals surface area contributed by atoms with E-state index in [0.29, 0.717) is 10.8 Å². The number of aromatic carboxylic acids is 1. The molecule has 1 N–H and O–H groups in total. The number of aromatic nitrogens is 1. The molecule has 0 aliphatic rings. The van der Waals surface area contributed by atoms with Gasteiger partial charge in [-0.15, -0.1) is 0 Å². The Labute approximate surface area is 116 Å². The Morgan fingerprint density at radius 3 is 2.42 bits per heavy atom. The normalized spacial score (nSPS) is 10.5. The molecule has 0 aliphatic heterocycles. The average molecular weight is 276 g/mol. The van der Waals surface area contributed by atoms with E-state index in [-0.39, 0.29) is 4.88 Å². The molecule has 0 radical (unpaired) electrons. The van der Waals surface area contributed by atoms with Gasteiger partial charge in [-0.2, -0.15) is 0 Å². The Kier molecular flexibility index (Phi) is 3.85. The van der Waals surface area contributed by atoms with E-state index in [0.717, 1.165) is 12.0 Å². The molecule has 5 heteroatoms. The van der Waals surface area contributed by atoms with Gasteiger partial charge in [0.05, 0.1) is 5.69 Å². The Morgan fingerprint density at radius 1 is 1.32 bits per heavy atom. The van der Waals surface area contributed by atoms with E-state index in [1.807, 2.05) is 43.3 Å². The van der Waals surface area contributed by atoms with Crippen molar-refractivity contribution >= 4 is 22.4 Å². The van der Waals surface area contributed by atoms with Crippen LogP contribution in [0.15, 0.2) is 24.3 Å². The van der Waals surface area contributed by atoms with Crippen LogP contribution in [0.25, 0.3) is 11.3 Å². The van der Waals surface area contributed by atoms with Crippen molar-refractivity contribution in [3.8, 4) is 11.3 Å². The number of aryl methyl sites for hydroxylation is 1. The smallest absolute Gasteiger partial charge is 0.348 e. The number of carboxylic acids is 1. The molecular weight excluding hydrogens is 260 g/mol. The van der Waals surface area contributed by atoms with E-state index >= 15 is 0 Å². The minimum Gasteiger partial charge on any atom is -0.477 e. The van der Waals surface area contributed by atoms with Crippen LogP contribution in [0.3, 0.4) is 0 Å². The lowest BCUT2D eigenvalue weighted by atomic mass is 10.1. The number of hydrogen-bond acceptors (Lipinski definition) is 4. The van der Waals surface area contributed by atoms with E-state index in [2.05, 4.69) is 11.9 Å². The molecule has 0 amide bonds. The van der Waals surface area contributed by atoms with Gasteiger partial charge in [-0.3, -0.25) is 0 Å². The Bertz CT molecular complexity index is 588.